The second-order valence-electron chi connectivity index (χ2n) is 4.86. The van der Waals surface area contributed by atoms with Gasteiger partial charge in [-0.1, -0.05) is 30.3 Å². The number of nitrogens with zero attached hydrogens (tertiary/aromatic N) is 1. The fraction of sp³-hybridized carbons (Fsp3) is 0.0588. The molecule has 1 aliphatic heterocycles. The summed E-state index contributed by atoms with van der Waals surface area (Å²) in [4.78, 5) is 14.0. The number of phenolic OH excluding ortho intramolecular Hbond substituents is 1. The van der Waals surface area contributed by atoms with Crippen molar-refractivity contribution in [3.05, 3.63) is 59.8 Å². The maximum Gasteiger partial charge on any atom is 0.281 e. The summed E-state index contributed by atoms with van der Waals surface area (Å²) in [6, 6.07) is 14.2. The molecule has 0 spiro atoms. The number of hydrogen-bond acceptors (Lipinski definition) is 4. The Morgan fingerprint density at radius 2 is 1.91 bits per heavy atom. The molecule has 1 fully saturated rings. The van der Waals surface area contributed by atoms with Gasteiger partial charge in [-0.05, 0) is 36.5 Å². The van der Waals surface area contributed by atoms with Crippen LogP contribution in [0.25, 0.3) is 6.08 Å². The highest BCUT2D eigenvalue weighted by atomic mass is 32.1. The average Bonchev–Trinajstić information content (AvgIpc) is 2.84. The Morgan fingerprint density at radius 1 is 1.17 bits per heavy atom. The maximum atomic E-state index is 12.6. The predicted molar refractivity (Wildman–Crippen MR) is 92.3 cm³/mol. The smallest absolute Gasteiger partial charge is 0.281 e. The lowest BCUT2D eigenvalue weighted by molar-refractivity contribution is -0.113. The fourth-order valence-corrected chi connectivity index (χ4v) is 2.62. The van der Waals surface area contributed by atoms with E-state index < -0.39 is 0 Å². The number of carbonyl (C=O) groups excluding carboxylic acids is 1. The number of benzene rings is 2. The highest BCUT2D eigenvalue weighted by Gasteiger charge is 2.32. The molecule has 116 valence electrons. The zero-order valence-electron chi connectivity index (χ0n) is 12.3. The van der Waals surface area contributed by atoms with Crippen LogP contribution in [0.3, 0.4) is 0 Å². The molecule has 2 aromatic carbocycles. The summed E-state index contributed by atoms with van der Waals surface area (Å²) in [6.45, 7) is 0. The Kier molecular flexibility index (Phi) is 3.99. The van der Waals surface area contributed by atoms with Gasteiger partial charge in [-0.15, -0.1) is 0 Å². The van der Waals surface area contributed by atoms with E-state index in [0.717, 1.165) is 0 Å². The first-order chi connectivity index (χ1) is 11.1. The Morgan fingerprint density at radius 3 is 2.61 bits per heavy atom. The predicted octanol–water partition coefficient (Wildman–Crippen LogP) is 2.66. The van der Waals surface area contributed by atoms with E-state index in [0.29, 0.717) is 27.8 Å². The molecule has 0 saturated carbocycles. The van der Waals surface area contributed by atoms with E-state index in [9.17, 15) is 9.90 Å². The highest BCUT2D eigenvalue weighted by molar-refractivity contribution is 7.80. The van der Waals surface area contributed by atoms with Crippen LogP contribution in [-0.2, 0) is 4.79 Å². The van der Waals surface area contributed by atoms with Crippen LogP contribution < -0.4 is 15.0 Å². The monoisotopic (exact) mass is 326 g/mol. The van der Waals surface area contributed by atoms with Crippen molar-refractivity contribution in [3.63, 3.8) is 0 Å². The molecule has 0 radical (unpaired) electrons. The molecule has 2 aromatic rings. The quantitative estimate of drug-likeness (QED) is 0.671. The van der Waals surface area contributed by atoms with Gasteiger partial charge in [0, 0.05) is 5.56 Å². The minimum absolute atomic E-state index is 0.0267. The van der Waals surface area contributed by atoms with Crippen LogP contribution in [0, 0.1) is 0 Å². The molecular weight excluding hydrogens is 312 g/mol. The summed E-state index contributed by atoms with van der Waals surface area (Å²) >= 11 is 5.24. The third kappa shape index (κ3) is 2.76. The van der Waals surface area contributed by atoms with E-state index >= 15 is 0 Å². The summed E-state index contributed by atoms with van der Waals surface area (Å²) in [5.41, 5.74) is 1.45. The molecule has 5 nitrogen and oxygen atoms in total. The van der Waals surface area contributed by atoms with Gasteiger partial charge in [-0.2, -0.15) is 0 Å². The molecule has 0 aromatic heterocycles. The van der Waals surface area contributed by atoms with Crippen molar-refractivity contribution < 1.29 is 14.6 Å². The minimum Gasteiger partial charge on any atom is -0.504 e. The zero-order chi connectivity index (χ0) is 16.4. The van der Waals surface area contributed by atoms with E-state index in [2.05, 4.69) is 5.32 Å². The van der Waals surface area contributed by atoms with Crippen LogP contribution in [0.2, 0.25) is 0 Å². The topological polar surface area (TPSA) is 61.8 Å². The van der Waals surface area contributed by atoms with Crippen LogP contribution in [0.1, 0.15) is 5.56 Å². The number of para-hydroxylation sites is 2. The summed E-state index contributed by atoms with van der Waals surface area (Å²) in [5.74, 6) is 0.0388. The average molecular weight is 326 g/mol. The molecule has 0 bridgehead atoms. The van der Waals surface area contributed by atoms with E-state index in [1.54, 1.807) is 36.4 Å². The van der Waals surface area contributed by atoms with Crippen molar-refractivity contribution in [3.8, 4) is 11.5 Å². The molecule has 0 unspecified atom stereocenters. The second-order valence-corrected chi connectivity index (χ2v) is 5.25. The molecule has 1 aliphatic rings. The molecule has 0 atom stereocenters. The number of anilines is 1. The lowest BCUT2D eigenvalue weighted by Gasteiger charge is -2.13. The molecular formula is C17H14N2O3S. The fourth-order valence-electron chi connectivity index (χ4n) is 2.32. The highest BCUT2D eigenvalue weighted by Crippen LogP contribution is 2.31. The van der Waals surface area contributed by atoms with Crippen LogP contribution >= 0.6 is 12.2 Å². The Hall–Kier alpha value is -2.86. The van der Waals surface area contributed by atoms with Gasteiger partial charge >= 0.3 is 0 Å². The van der Waals surface area contributed by atoms with E-state index in [-0.39, 0.29) is 11.7 Å². The van der Waals surface area contributed by atoms with Crippen LogP contribution in [-0.4, -0.2) is 23.2 Å². The van der Waals surface area contributed by atoms with Crippen LogP contribution in [0.15, 0.2) is 54.2 Å². The largest absolute Gasteiger partial charge is 0.504 e. The number of methoxy groups -OCH3 is 1. The Labute approximate surface area is 138 Å². The van der Waals surface area contributed by atoms with Crippen molar-refractivity contribution in [2.75, 3.05) is 12.0 Å². The lowest BCUT2D eigenvalue weighted by Crippen LogP contribution is -2.30. The van der Waals surface area contributed by atoms with Crippen LogP contribution in [0.5, 0.6) is 11.5 Å². The molecule has 23 heavy (non-hydrogen) atoms. The lowest BCUT2D eigenvalue weighted by atomic mass is 10.1. The number of nitrogens with one attached hydrogen (secondary N) is 1. The van der Waals surface area contributed by atoms with Gasteiger partial charge < -0.3 is 15.2 Å². The number of aromatic hydroxyl groups is 1. The van der Waals surface area contributed by atoms with Gasteiger partial charge in [0.1, 0.15) is 5.70 Å². The summed E-state index contributed by atoms with van der Waals surface area (Å²) in [6.07, 6.45) is 1.55. The first-order valence-electron chi connectivity index (χ1n) is 6.90. The van der Waals surface area contributed by atoms with Crippen molar-refractivity contribution in [1.82, 2.24) is 5.32 Å². The van der Waals surface area contributed by atoms with Crippen LogP contribution in [0.4, 0.5) is 5.69 Å². The summed E-state index contributed by atoms with van der Waals surface area (Å²) in [5, 5.41) is 13.3. The van der Waals surface area contributed by atoms with Gasteiger partial charge in [0.05, 0.1) is 12.8 Å². The summed E-state index contributed by atoms with van der Waals surface area (Å²) in [7, 11) is 1.47. The van der Waals surface area contributed by atoms with Crippen molar-refractivity contribution in [1.29, 1.82) is 0 Å². The molecule has 0 aliphatic carbocycles. The van der Waals surface area contributed by atoms with Gasteiger partial charge in [0.2, 0.25) is 0 Å². The number of thiocarbonyl (C=S) groups is 1. The van der Waals surface area contributed by atoms with Gasteiger partial charge in [-0.3, -0.25) is 9.69 Å². The van der Waals surface area contributed by atoms with Crippen molar-refractivity contribution >= 4 is 35.0 Å². The molecule has 6 heteroatoms. The van der Waals surface area contributed by atoms with E-state index in [4.69, 9.17) is 17.0 Å². The number of rotatable bonds is 3. The van der Waals surface area contributed by atoms with E-state index in [1.807, 2.05) is 18.2 Å². The number of phenols is 1. The minimum atomic E-state index is -0.275. The SMILES string of the molecule is COc1cccc(/C=C2\NC(=S)N(c3ccccc3)C2=O)c1O. The summed E-state index contributed by atoms with van der Waals surface area (Å²) < 4.78 is 5.07. The first-order valence-corrected chi connectivity index (χ1v) is 7.31. The Balaban J connectivity index is 1.97. The van der Waals surface area contributed by atoms with Crippen molar-refractivity contribution in [2.45, 2.75) is 0 Å². The normalized spacial score (nSPS) is 15.9. The van der Waals surface area contributed by atoms with Crippen molar-refractivity contribution in [2.24, 2.45) is 0 Å². The van der Waals surface area contributed by atoms with E-state index in [1.165, 1.54) is 12.0 Å². The van der Waals surface area contributed by atoms with Gasteiger partial charge in [0.15, 0.2) is 16.6 Å². The number of ether oxygens (including phenoxy) is 1. The standard InChI is InChI=1S/C17H14N2O3S/c1-22-14-9-5-6-11(15(14)20)10-13-16(21)19(17(23)18-13)12-7-3-2-4-8-12/h2-10,20H,1H3,(H,18,23)/b13-10-. The van der Waals surface area contributed by atoms with Gasteiger partial charge in [0.25, 0.3) is 5.91 Å². The molecule has 3 rings (SSSR count). The maximum absolute atomic E-state index is 12.6. The second kappa shape index (κ2) is 6.10. The Bertz CT molecular complexity index is 803. The molecule has 1 heterocycles. The molecule has 1 saturated heterocycles. The number of amides is 1. The van der Waals surface area contributed by atoms with Gasteiger partial charge in [-0.25, -0.2) is 0 Å². The molecule has 2 N–H and O–H groups in total. The molecule has 1 amide bonds. The number of hydrogen-bond donors (Lipinski definition) is 2. The zero-order valence-corrected chi connectivity index (χ0v) is 13.1. The third-order valence-corrected chi connectivity index (χ3v) is 3.73. The third-order valence-electron chi connectivity index (χ3n) is 3.44. The number of carbonyl (C=O) groups is 1. The first kappa shape index (κ1) is 15.1.